The third-order valence-corrected chi connectivity index (χ3v) is 8.39. The van der Waals surface area contributed by atoms with Gasteiger partial charge in [0.05, 0.1) is 10.6 Å². The molecule has 1 atom stereocenters. The monoisotopic (exact) mass is 573 g/mol. The number of carbonyl (C=O) groups is 2. The van der Waals surface area contributed by atoms with E-state index in [2.05, 4.69) is 5.32 Å². The molecule has 39 heavy (non-hydrogen) atoms. The van der Waals surface area contributed by atoms with E-state index in [0.29, 0.717) is 22.8 Å². The fourth-order valence-electron chi connectivity index (χ4n) is 4.02. The van der Waals surface area contributed by atoms with E-state index in [4.69, 9.17) is 11.6 Å². The molecule has 0 heterocycles. The summed E-state index contributed by atoms with van der Waals surface area (Å²) in [6.07, 6.45) is 1.64. The Balaban J connectivity index is 2.02. The number of nitrogens with zero attached hydrogens (tertiary/aromatic N) is 2. The highest BCUT2D eigenvalue weighted by atomic mass is 35.5. The lowest BCUT2D eigenvalue weighted by Crippen LogP contribution is -2.51. The number of rotatable bonds is 12. The Morgan fingerprint density at radius 3 is 2.28 bits per heavy atom. The Hall–Kier alpha value is -3.43. The first kappa shape index (κ1) is 30.1. The molecular formula is C29H33ClFN3O4S. The third-order valence-electron chi connectivity index (χ3n) is 6.36. The number of para-hydroxylation sites is 1. The van der Waals surface area contributed by atoms with Gasteiger partial charge in [-0.1, -0.05) is 61.3 Å². The molecule has 0 aromatic heterocycles. The van der Waals surface area contributed by atoms with Crippen molar-refractivity contribution in [3.63, 3.8) is 0 Å². The van der Waals surface area contributed by atoms with Gasteiger partial charge in [-0.2, -0.15) is 0 Å². The van der Waals surface area contributed by atoms with Gasteiger partial charge in [-0.3, -0.25) is 13.9 Å². The van der Waals surface area contributed by atoms with Gasteiger partial charge in [0.2, 0.25) is 11.8 Å². The van der Waals surface area contributed by atoms with Crippen molar-refractivity contribution in [2.45, 2.75) is 51.1 Å². The maximum Gasteiger partial charge on any atom is 0.264 e. The molecule has 10 heteroatoms. The molecule has 0 aliphatic carbocycles. The van der Waals surface area contributed by atoms with Gasteiger partial charge < -0.3 is 10.2 Å². The standard InChI is InChI=1S/C29H33ClFN3O4S/c1-4-5-18-32-29(36)22(3)33(19-23-11-7-8-12-26(23)31)28(35)20-34(27-13-9-6-10-21(27)2)39(37,38)25-16-14-24(30)15-17-25/h6-17,22H,4-5,18-20H2,1-3H3,(H,32,36). The zero-order valence-electron chi connectivity index (χ0n) is 22.2. The molecule has 0 aliphatic rings. The largest absolute Gasteiger partial charge is 0.354 e. The zero-order valence-corrected chi connectivity index (χ0v) is 23.8. The Labute approximate surface area is 234 Å². The van der Waals surface area contributed by atoms with Gasteiger partial charge in [-0.15, -0.1) is 0 Å². The van der Waals surface area contributed by atoms with Crippen LogP contribution in [-0.2, 0) is 26.2 Å². The number of sulfonamides is 1. The SMILES string of the molecule is CCCCNC(=O)C(C)N(Cc1ccccc1F)C(=O)CN(c1ccccc1C)S(=O)(=O)c1ccc(Cl)cc1. The summed E-state index contributed by atoms with van der Waals surface area (Å²) in [4.78, 5) is 28.0. The van der Waals surface area contributed by atoms with E-state index in [-0.39, 0.29) is 17.0 Å². The van der Waals surface area contributed by atoms with Crippen LogP contribution in [0.1, 0.15) is 37.8 Å². The van der Waals surface area contributed by atoms with Gasteiger partial charge in [-0.25, -0.2) is 12.8 Å². The van der Waals surface area contributed by atoms with Crippen molar-refractivity contribution in [2.24, 2.45) is 0 Å². The van der Waals surface area contributed by atoms with Crippen LogP contribution in [0, 0.1) is 12.7 Å². The molecule has 0 bridgehead atoms. The van der Waals surface area contributed by atoms with Crippen molar-refractivity contribution in [1.82, 2.24) is 10.2 Å². The Kier molecular flexibility index (Phi) is 10.5. The van der Waals surface area contributed by atoms with Gasteiger partial charge in [0.15, 0.2) is 0 Å². The third kappa shape index (κ3) is 7.58. The molecule has 1 unspecified atom stereocenters. The first-order valence-electron chi connectivity index (χ1n) is 12.7. The van der Waals surface area contributed by atoms with Crippen molar-refractivity contribution in [3.05, 3.63) is 94.8 Å². The number of hydrogen-bond acceptors (Lipinski definition) is 4. The van der Waals surface area contributed by atoms with Crippen LogP contribution in [0.25, 0.3) is 0 Å². The predicted octanol–water partition coefficient (Wildman–Crippen LogP) is 5.32. The Bertz CT molecular complexity index is 1400. The van der Waals surface area contributed by atoms with Crippen LogP contribution in [0.2, 0.25) is 5.02 Å². The number of hydrogen-bond donors (Lipinski definition) is 1. The van der Waals surface area contributed by atoms with Gasteiger partial charge in [0.1, 0.15) is 18.4 Å². The molecule has 0 spiro atoms. The summed E-state index contributed by atoms with van der Waals surface area (Å²) in [5, 5.41) is 3.17. The number of halogens is 2. The Morgan fingerprint density at radius 1 is 1.00 bits per heavy atom. The molecule has 0 radical (unpaired) electrons. The molecule has 0 saturated heterocycles. The minimum atomic E-state index is -4.21. The van der Waals surface area contributed by atoms with E-state index in [1.807, 2.05) is 6.92 Å². The number of aryl methyl sites for hydroxylation is 1. The summed E-state index contributed by atoms with van der Waals surface area (Å²) in [5.74, 6) is -1.59. The second kappa shape index (κ2) is 13.6. The van der Waals surface area contributed by atoms with Crippen LogP contribution in [0.5, 0.6) is 0 Å². The molecule has 0 aliphatic heterocycles. The first-order chi connectivity index (χ1) is 18.6. The van der Waals surface area contributed by atoms with Gasteiger partial charge in [-0.05, 0) is 62.2 Å². The van der Waals surface area contributed by atoms with Crippen LogP contribution in [-0.4, -0.2) is 44.3 Å². The molecule has 3 aromatic rings. The normalized spacial score (nSPS) is 12.0. The van der Waals surface area contributed by atoms with Crippen LogP contribution in [0.4, 0.5) is 10.1 Å². The van der Waals surface area contributed by atoms with Crippen molar-refractivity contribution in [3.8, 4) is 0 Å². The van der Waals surface area contributed by atoms with E-state index >= 15 is 0 Å². The smallest absolute Gasteiger partial charge is 0.264 e. The van der Waals surface area contributed by atoms with Crippen molar-refractivity contribution >= 4 is 39.1 Å². The number of nitrogens with one attached hydrogen (secondary N) is 1. The lowest BCUT2D eigenvalue weighted by Gasteiger charge is -2.32. The van der Waals surface area contributed by atoms with Crippen LogP contribution >= 0.6 is 11.6 Å². The number of amides is 2. The molecule has 0 fully saturated rings. The molecule has 208 valence electrons. The fourth-order valence-corrected chi connectivity index (χ4v) is 5.62. The lowest BCUT2D eigenvalue weighted by molar-refractivity contribution is -0.139. The Morgan fingerprint density at radius 2 is 1.64 bits per heavy atom. The van der Waals surface area contributed by atoms with Crippen LogP contribution < -0.4 is 9.62 Å². The lowest BCUT2D eigenvalue weighted by atomic mass is 10.1. The highest BCUT2D eigenvalue weighted by Crippen LogP contribution is 2.28. The van der Waals surface area contributed by atoms with E-state index in [1.165, 1.54) is 47.4 Å². The topological polar surface area (TPSA) is 86.8 Å². The number of anilines is 1. The van der Waals surface area contributed by atoms with Crippen molar-refractivity contribution in [1.29, 1.82) is 0 Å². The van der Waals surface area contributed by atoms with Gasteiger partial charge in [0, 0.05) is 23.7 Å². The summed E-state index contributed by atoms with van der Waals surface area (Å²) >= 11 is 5.97. The zero-order chi connectivity index (χ0) is 28.6. The summed E-state index contributed by atoms with van der Waals surface area (Å²) in [7, 11) is -4.21. The maximum absolute atomic E-state index is 14.6. The molecule has 3 aromatic carbocycles. The number of carbonyl (C=O) groups excluding carboxylic acids is 2. The highest BCUT2D eigenvalue weighted by Gasteiger charge is 2.33. The quantitative estimate of drug-likeness (QED) is 0.297. The minimum Gasteiger partial charge on any atom is -0.354 e. The first-order valence-corrected chi connectivity index (χ1v) is 14.5. The molecule has 7 nitrogen and oxygen atoms in total. The minimum absolute atomic E-state index is 0.0473. The van der Waals surface area contributed by atoms with Gasteiger partial charge in [0.25, 0.3) is 10.0 Å². The second-order valence-electron chi connectivity index (χ2n) is 9.19. The van der Waals surface area contributed by atoms with E-state index in [1.54, 1.807) is 44.2 Å². The van der Waals surface area contributed by atoms with E-state index in [0.717, 1.165) is 17.1 Å². The second-order valence-corrected chi connectivity index (χ2v) is 11.5. The molecule has 2 amide bonds. The molecular weight excluding hydrogens is 541 g/mol. The van der Waals surface area contributed by atoms with Gasteiger partial charge >= 0.3 is 0 Å². The summed E-state index contributed by atoms with van der Waals surface area (Å²) < 4.78 is 43.2. The average Bonchev–Trinajstić information content (AvgIpc) is 2.91. The number of unbranched alkanes of at least 4 members (excludes halogenated alkanes) is 1. The molecule has 0 saturated carbocycles. The number of benzene rings is 3. The van der Waals surface area contributed by atoms with E-state index in [9.17, 15) is 22.4 Å². The maximum atomic E-state index is 14.6. The molecule has 1 N–H and O–H groups in total. The van der Waals surface area contributed by atoms with Crippen molar-refractivity contribution < 1.29 is 22.4 Å². The predicted molar refractivity (Wildman–Crippen MR) is 151 cm³/mol. The average molecular weight is 574 g/mol. The van der Waals surface area contributed by atoms with Crippen LogP contribution in [0.3, 0.4) is 0 Å². The summed E-state index contributed by atoms with van der Waals surface area (Å²) in [6, 6.07) is 17.4. The molecule has 3 rings (SSSR count). The summed E-state index contributed by atoms with van der Waals surface area (Å²) in [6.45, 7) is 4.90. The highest BCUT2D eigenvalue weighted by molar-refractivity contribution is 7.92. The van der Waals surface area contributed by atoms with Crippen molar-refractivity contribution in [2.75, 3.05) is 17.4 Å². The van der Waals surface area contributed by atoms with E-state index < -0.39 is 40.2 Å². The summed E-state index contributed by atoms with van der Waals surface area (Å²) in [5.41, 5.74) is 1.16. The van der Waals surface area contributed by atoms with Crippen LogP contribution in [0.15, 0.2) is 77.7 Å². The fraction of sp³-hybridized carbons (Fsp3) is 0.310.